The predicted molar refractivity (Wildman–Crippen MR) is 57.2 cm³/mol. The number of phenolic OH excluding ortho intramolecular Hbond substituents is 1. The summed E-state index contributed by atoms with van der Waals surface area (Å²) in [5.41, 5.74) is 1.92. The van der Waals surface area contributed by atoms with E-state index in [9.17, 15) is 5.11 Å². The highest BCUT2D eigenvalue weighted by Crippen LogP contribution is 2.19. The summed E-state index contributed by atoms with van der Waals surface area (Å²) in [5.74, 6) is 1.87. The van der Waals surface area contributed by atoms with Gasteiger partial charge in [-0.1, -0.05) is 0 Å². The van der Waals surface area contributed by atoms with Crippen LogP contribution >= 0.6 is 0 Å². The molecule has 0 aliphatic heterocycles. The normalized spacial score (nSPS) is 10.6. The summed E-state index contributed by atoms with van der Waals surface area (Å²) in [5, 5.41) is 13.6. The van der Waals surface area contributed by atoms with Crippen LogP contribution in [0.4, 0.5) is 0 Å². The number of aryl methyl sites for hydroxylation is 3. The summed E-state index contributed by atoms with van der Waals surface area (Å²) in [6.45, 7) is 5.71. The van der Waals surface area contributed by atoms with E-state index in [1.54, 1.807) is 16.8 Å². The maximum Gasteiger partial charge on any atom is 0.148 e. The molecule has 2 rings (SSSR count). The monoisotopic (exact) mass is 203 g/mol. The van der Waals surface area contributed by atoms with Gasteiger partial charge in [-0.05, 0) is 44.5 Å². The van der Waals surface area contributed by atoms with Gasteiger partial charge < -0.3 is 5.11 Å². The Balaban J connectivity index is 2.59. The Bertz CT molecular complexity index is 503. The fraction of sp³-hybridized carbons (Fsp3) is 0.273. The molecule has 1 N–H and O–H groups in total. The molecule has 78 valence electrons. The summed E-state index contributed by atoms with van der Waals surface area (Å²) in [6, 6.07) is 5.20. The summed E-state index contributed by atoms with van der Waals surface area (Å²) in [7, 11) is 0. The van der Waals surface area contributed by atoms with Crippen molar-refractivity contribution in [2.24, 2.45) is 0 Å². The van der Waals surface area contributed by atoms with Crippen LogP contribution in [0.2, 0.25) is 0 Å². The Hall–Kier alpha value is -1.84. The molecule has 0 amide bonds. The summed E-state index contributed by atoms with van der Waals surface area (Å²) in [6.07, 6.45) is 0. The fourth-order valence-corrected chi connectivity index (χ4v) is 1.63. The topological polar surface area (TPSA) is 50.9 Å². The first-order chi connectivity index (χ1) is 7.08. The Kier molecular flexibility index (Phi) is 2.19. The van der Waals surface area contributed by atoms with Crippen molar-refractivity contribution < 1.29 is 5.11 Å². The lowest BCUT2D eigenvalue weighted by molar-refractivity contribution is 0.474. The number of nitrogens with zero attached hydrogens (tertiary/aromatic N) is 3. The van der Waals surface area contributed by atoms with E-state index in [2.05, 4.69) is 10.1 Å². The highest BCUT2D eigenvalue weighted by atomic mass is 16.3. The second-order valence-electron chi connectivity index (χ2n) is 3.59. The van der Waals surface area contributed by atoms with Gasteiger partial charge in [0.1, 0.15) is 17.4 Å². The molecule has 1 aromatic carbocycles. The van der Waals surface area contributed by atoms with Gasteiger partial charge in [-0.15, -0.1) is 0 Å². The van der Waals surface area contributed by atoms with E-state index in [4.69, 9.17) is 0 Å². The average molecular weight is 203 g/mol. The van der Waals surface area contributed by atoms with Gasteiger partial charge in [-0.25, -0.2) is 9.67 Å². The fourth-order valence-electron chi connectivity index (χ4n) is 1.63. The van der Waals surface area contributed by atoms with Crippen molar-refractivity contribution in [2.75, 3.05) is 0 Å². The van der Waals surface area contributed by atoms with E-state index in [1.165, 1.54) is 0 Å². The van der Waals surface area contributed by atoms with Gasteiger partial charge in [0.15, 0.2) is 0 Å². The molecule has 0 aliphatic rings. The lowest BCUT2D eigenvalue weighted by atomic mass is 10.2. The molecule has 0 aliphatic carbocycles. The summed E-state index contributed by atoms with van der Waals surface area (Å²) >= 11 is 0. The molecule has 0 saturated carbocycles. The van der Waals surface area contributed by atoms with Crippen LogP contribution in [0.1, 0.15) is 17.2 Å². The third kappa shape index (κ3) is 1.70. The number of hydrogen-bond donors (Lipinski definition) is 1. The standard InChI is InChI=1S/C11H13N3O/c1-7-6-10(15)4-5-11(7)14-9(3)12-8(2)13-14/h4-6,15H,1-3H3. The van der Waals surface area contributed by atoms with E-state index in [-0.39, 0.29) is 5.75 Å². The highest BCUT2D eigenvalue weighted by Gasteiger charge is 2.07. The Morgan fingerprint density at radius 3 is 2.47 bits per heavy atom. The summed E-state index contributed by atoms with van der Waals surface area (Å²) in [4.78, 5) is 4.24. The van der Waals surface area contributed by atoms with Crippen molar-refractivity contribution in [3.63, 3.8) is 0 Å². The predicted octanol–water partition coefficient (Wildman–Crippen LogP) is 1.90. The van der Waals surface area contributed by atoms with E-state index >= 15 is 0 Å². The lowest BCUT2D eigenvalue weighted by Gasteiger charge is -2.06. The van der Waals surface area contributed by atoms with Gasteiger partial charge in [0.25, 0.3) is 0 Å². The molecule has 2 aromatic rings. The van der Waals surface area contributed by atoms with E-state index in [0.29, 0.717) is 0 Å². The van der Waals surface area contributed by atoms with Crippen LogP contribution in [-0.4, -0.2) is 19.9 Å². The number of benzene rings is 1. The summed E-state index contributed by atoms with van der Waals surface area (Å²) < 4.78 is 1.78. The zero-order chi connectivity index (χ0) is 11.0. The smallest absolute Gasteiger partial charge is 0.148 e. The van der Waals surface area contributed by atoms with Crippen molar-refractivity contribution in [1.29, 1.82) is 0 Å². The Morgan fingerprint density at radius 1 is 1.20 bits per heavy atom. The second-order valence-corrected chi connectivity index (χ2v) is 3.59. The van der Waals surface area contributed by atoms with Gasteiger partial charge in [-0.2, -0.15) is 5.10 Å². The number of aromatic nitrogens is 3. The van der Waals surface area contributed by atoms with Crippen LogP contribution in [0.25, 0.3) is 5.69 Å². The molecule has 1 heterocycles. The Morgan fingerprint density at radius 2 is 1.93 bits per heavy atom. The van der Waals surface area contributed by atoms with Gasteiger partial charge in [0.05, 0.1) is 5.69 Å². The Labute approximate surface area is 88.2 Å². The van der Waals surface area contributed by atoms with Crippen LogP contribution in [0, 0.1) is 20.8 Å². The van der Waals surface area contributed by atoms with Crippen molar-refractivity contribution in [1.82, 2.24) is 14.8 Å². The number of phenols is 1. The van der Waals surface area contributed by atoms with Crippen molar-refractivity contribution >= 4 is 0 Å². The van der Waals surface area contributed by atoms with Crippen LogP contribution in [-0.2, 0) is 0 Å². The molecule has 1 aromatic heterocycles. The third-order valence-corrected chi connectivity index (χ3v) is 2.28. The maximum absolute atomic E-state index is 9.31. The molecular formula is C11H13N3O. The van der Waals surface area contributed by atoms with Gasteiger partial charge in [0.2, 0.25) is 0 Å². The molecule has 0 unspecified atom stereocenters. The molecule has 0 bridgehead atoms. The number of rotatable bonds is 1. The molecule has 0 atom stereocenters. The molecule has 0 spiro atoms. The van der Waals surface area contributed by atoms with Crippen LogP contribution in [0.3, 0.4) is 0 Å². The van der Waals surface area contributed by atoms with Crippen molar-refractivity contribution in [2.45, 2.75) is 20.8 Å². The van der Waals surface area contributed by atoms with Crippen molar-refractivity contribution in [3.8, 4) is 11.4 Å². The van der Waals surface area contributed by atoms with E-state index in [1.807, 2.05) is 26.8 Å². The molecule has 4 nitrogen and oxygen atoms in total. The van der Waals surface area contributed by atoms with E-state index < -0.39 is 0 Å². The first-order valence-corrected chi connectivity index (χ1v) is 4.78. The molecule has 15 heavy (non-hydrogen) atoms. The lowest BCUT2D eigenvalue weighted by Crippen LogP contribution is -2.01. The minimum atomic E-state index is 0.269. The second kappa shape index (κ2) is 3.38. The largest absolute Gasteiger partial charge is 0.508 e. The molecule has 0 saturated heterocycles. The first-order valence-electron chi connectivity index (χ1n) is 4.78. The molecule has 0 radical (unpaired) electrons. The minimum absolute atomic E-state index is 0.269. The van der Waals surface area contributed by atoms with Gasteiger partial charge >= 0.3 is 0 Å². The van der Waals surface area contributed by atoms with Gasteiger partial charge in [-0.3, -0.25) is 0 Å². The number of hydrogen-bond acceptors (Lipinski definition) is 3. The van der Waals surface area contributed by atoms with E-state index in [0.717, 1.165) is 22.9 Å². The van der Waals surface area contributed by atoms with Crippen LogP contribution in [0.15, 0.2) is 18.2 Å². The van der Waals surface area contributed by atoms with Gasteiger partial charge in [0, 0.05) is 0 Å². The minimum Gasteiger partial charge on any atom is -0.508 e. The zero-order valence-corrected chi connectivity index (χ0v) is 9.02. The van der Waals surface area contributed by atoms with Crippen molar-refractivity contribution in [3.05, 3.63) is 35.4 Å². The SMILES string of the molecule is Cc1nc(C)n(-c2ccc(O)cc2C)n1. The number of aromatic hydroxyl groups is 1. The maximum atomic E-state index is 9.31. The van der Waals surface area contributed by atoms with Crippen LogP contribution in [0.5, 0.6) is 5.75 Å². The third-order valence-electron chi connectivity index (χ3n) is 2.28. The highest BCUT2D eigenvalue weighted by molar-refractivity contribution is 5.44. The molecular weight excluding hydrogens is 190 g/mol. The molecule has 0 fully saturated rings. The first kappa shape index (κ1) is 9.71. The van der Waals surface area contributed by atoms with Crippen LogP contribution < -0.4 is 0 Å². The molecule has 4 heteroatoms. The quantitative estimate of drug-likeness (QED) is 0.770. The zero-order valence-electron chi connectivity index (χ0n) is 9.02. The average Bonchev–Trinajstić information content (AvgIpc) is 2.45.